The zero-order valence-corrected chi connectivity index (χ0v) is 11.5. The Kier molecular flexibility index (Phi) is 2.97. The highest BCUT2D eigenvalue weighted by Crippen LogP contribution is 2.38. The molecule has 0 saturated carbocycles. The second-order valence-corrected chi connectivity index (χ2v) is 5.77. The monoisotopic (exact) mass is 260 g/mol. The average molecular weight is 260 g/mol. The fourth-order valence-corrected chi connectivity index (χ4v) is 3.13. The molecule has 19 heavy (non-hydrogen) atoms. The summed E-state index contributed by atoms with van der Waals surface area (Å²) >= 11 is 0. The van der Waals surface area contributed by atoms with Crippen LogP contribution < -0.4 is 10.2 Å². The normalized spacial score (nSPS) is 30.7. The highest BCUT2D eigenvalue weighted by Gasteiger charge is 2.50. The Hall–Kier alpha value is -1.55. The maximum Gasteiger partial charge on any atom is 0.415 e. The van der Waals surface area contributed by atoms with Crippen LogP contribution in [0, 0.1) is 12.8 Å². The van der Waals surface area contributed by atoms with Crippen molar-refractivity contribution in [2.45, 2.75) is 25.8 Å². The number of hydrogen-bond donors (Lipinski definition) is 1. The number of nitrogens with one attached hydrogen (secondary N) is 1. The van der Waals surface area contributed by atoms with Gasteiger partial charge in [0.05, 0.1) is 5.54 Å². The molecule has 2 saturated heterocycles. The Morgan fingerprint density at radius 1 is 1.37 bits per heavy atom. The van der Waals surface area contributed by atoms with Crippen molar-refractivity contribution >= 4 is 11.8 Å². The molecule has 0 bridgehead atoms. The summed E-state index contributed by atoms with van der Waals surface area (Å²) < 4.78 is 5.34. The lowest BCUT2D eigenvalue weighted by Crippen LogP contribution is -2.51. The average Bonchev–Trinajstić information content (AvgIpc) is 3.01. The summed E-state index contributed by atoms with van der Waals surface area (Å²) in [5, 5.41) is 3.38. The molecule has 0 aromatic heterocycles. The van der Waals surface area contributed by atoms with E-state index in [1.807, 2.05) is 36.1 Å². The van der Waals surface area contributed by atoms with Crippen molar-refractivity contribution in [3.05, 3.63) is 29.8 Å². The highest BCUT2D eigenvalue weighted by molar-refractivity contribution is 5.91. The van der Waals surface area contributed by atoms with Gasteiger partial charge in [-0.05, 0) is 44.9 Å². The zero-order chi connectivity index (χ0) is 13.5. The van der Waals surface area contributed by atoms with E-state index in [1.165, 1.54) is 5.56 Å². The number of amides is 1. The van der Waals surface area contributed by atoms with Crippen molar-refractivity contribution in [2.24, 2.45) is 5.92 Å². The van der Waals surface area contributed by atoms with Gasteiger partial charge in [-0.15, -0.1) is 0 Å². The van der Waals surface area contributed by atoms with E-state index < -0.39 is 0 Å². The van der Waals surface area contributed by atoms with Gasteiger partial charge in [0.1, 0.15) is 6.61 Å². The summed E-state index contributed by atoms with van der Waals surface area (Å²) in [4.78, 5) is 14.0. The molecule has 102 valence electrons. The molecule has 4 nitrogen and oxygen atoms in total. The number of carbonyl (C=O) groups excluding carboxylic acids is 1. The maximum atomic E-state index is 12.1. The number of anilines is 1. The lowest BCUT2D eigenvalue weighted by Gasteiger charge is -2.36. The smallest absolute Gasteiger partial charge is 0.415 e. The summed E-state index contributed by atoms with van der Waals surface area (Å²) in [6.07, 6.45) is 0.869. The topological polar surface area (TPSA) is 41.6 Å². The van der Waals surface area contributed by atoms with Crippen molar-refractivity contribution in [3.63, 3.8) is 0 Å². The molecule has 2 heterocycles. The van der Waals surface area contributed by atoms with Gasteiger partial charge in [-0.1, -0.05) is 17.7 Å². The first-order valence-corrected chi connectivity index (χ1v) is 6.85. The van der Waals surface area contributed by atoms with Crippen LogP contribution in [-0.4, -0.2) is 31.3 Å². The summed E-state index contributed by atoms with van der Waals surface area (Å²) in [6, 6.07) is 8.08. The molecule has 2 unspecified atom stereocenters. The molecule has 2 fully saturated rings. The number of benzene rings is 1. The van der Waals surface area contributed by atoms with Gasteiger partial charge in [0.25, 0.3) is 0 Å². The highest BCUT2D eigenvalue weighted by atomic mass is 16.6. The fourth-order valence-electron chi connectivity index (χ4n) is 3.13. The van der Waals surface area contributed by atoms with Crippen LogP contribution in [0.5, 0.6) is 0 Å². The van der Waals surface area contributed by atoms with E-state index in [-0.39, 0.29) is 11.6 Å². The van der Waals surface area contributed by atoms with Crippen LogP contribution in [0.2, 0.25) is 0 Å². The predicted molar refractivity (Wildman–Crippen MR) is 74.4 cm³/mol. The van der Waals surface area contributed by atoms with Crippen LogP contribution in [0.1, 0.15) is 18.9 Å². The molecule has 1 aromatic carbocycles. The molecule has 0 aliphatic carbocycles. The molecule has 1 aromatic rings. The zero-order valence-electron chi connectivity index (χ0n) is 11.5. The SMILES string of the molecule is Cc1ccc(N2C(=O)OCC2(C)C2CCNC2)cc1. The largest absolute Gasteiger partial charge is 0.447 e. The van der Waals surface area contributed by atoms with Gasteiger partial charge < -0.3 is 10.1 Å². The molecule has 0 spiro atoms. The second kappa shape index (κ2) is 4.53. The van der Waals surface area contributed by atoms with E-state index in [0.29, 0.717) is 12.5 Å². The standard InChI is InChI=1S/C15H20N2O2/c1-11-3-5-13(6-4-11)17-14(18)19-10-15(17,2)12-7-8-16-9-12/h3-6,12,16H,7-10H2,1-2H3. The third-order valence-electron chi connectivity index (χ3n) is 4.41. The summed E-state index contributed by atoms with van der Waals surface area (Å²) in [5.74, 6) is 0.445. The van der Waals surface area contributed by atoms with Crippen LogP contribution in [0.25, 0.3) is 0 Å². The molecular formula is C15H20N2O2. The third-order valence-corrected chi connectivity index (χ3v) is 4.41. The molecule has 2 aliphatic rings. The van der Waals surface area contributed by atoms with Gasteiger partial charge in [0.15, 0.2) is 0 Å². The number of aryl methyl sites for hydroxylation is 1. The predicted octanol–water partition coefficient (Wildman–Crippen LogP) is 2.32. The van der Waals surface area contributed by atoms with E-state index in [0.717, 1.165) is 25.2 Å². The third kappa shape index (κ3) is 2.00. The van der Waals surface area contributed by atoms with Crippen molar-refractivity contribution in [3.8, 4) is 0 Å². The quantitative estimate of drug-likeness (QED) is 0.887. The number of rotatable bonds is 2. The Balaban J connectivity index is 1.95. The Bertz CT molecular complexity index is 479. The number of cyclic esters (lactones) is 1. The number of ether oxygens (including phenoxy) is 1. The van der Waals surface area contributed by atoms with Gasteiger partial charge in [-0.2, -0.15) is 0 Å². The van der Waals surface area contributed by atoms with Crippen molar-refractivity contribution < 1.29 is 9.53 Å². The molecule has 1 amide bonds. The van der Waals surface area contributed by atoms with E-state index in [9.17, 15) is 4.79 Å². The summed E-state index contributed by atoms with van der Waals surface area (Å²) in [7, 11) is 0. The summed E-state index contributed by atoms with van der Waals surface area (Å²) in [6.45, 7) is 6.64. The first-order valence-electron chi connectivity index (χ1n) is 6.85. The Morgan fingerprint density at radius 3 is 2.74 bits per heavy atom. The van der Waals surface area contributed by atoms with Crippen LogP contribution in [-0.2, 0) is 4.74 Å². The van der Waals surface area contributed by atoms with E-state index in [2.05, 4.69) is 12.2 Å². The van der Waals surface area contributed by atoms with Crippen LogP contribution in [0.3, 0.4) is 0 Å². The van der Waals surface area contributed by atoms with E-state index >= 15 is 0 Å². The molecule has 2 atom stereocenters. The number of hydrogen-bond acceptors (Lipinski definition) is 3. The van der Waals surface area contributed by atoms with E-state index in [4.69, 9.17) is 4.74 Å². The molecule has 1 N–H and O–H groups in total. The number of carbonyl (C=O) groups is 1. The first kappa shape index (κ1) is 12.5. The van der Waals surface area contributed by atoms with Gasteiger partial charge in [-0.3, -0.25) is 4.90 Å². The van der Waals surface area contributed by atoms with Crippen LogP contribution in [0.15, 0.2) is 24.3 Å². The van der Waals surface area contributed by atoms with Gasteiger partial charge in [0.2, 0.25) is 0 Å². The number of nitrogens with zero attached hydrogens (tertiary/aromatic N) is 1. The van der Waals surface area contributed by atoms with Crippen LogP contribution in [0.4, 0.5) is 10.5 Å². The molecule has 4 heteroatoms. The lowest BCUT2D eigenvalue weighted by atomic mass is 9.84. The molecular weight excluding hydrogens is 240 g/mol. The second-order valence-electron chi connectivity index (χ2n) is 5.77. The van der Waals surface area contributed by atoms with Gasteiger partial charge in [0, 0.05) is 12.2 Å². The van der Waals surface area contributed by atoms with Gasteiger partial charge in [-0.25, -0.2) is 4.79 Å². The molecule has 3 rings (SSSR count). The van der Waals surface area contributed by atoms with Crippen molar-refractivity contribution in [2.75, 3.05) is 24.6 Å². The van der Waals surface area contributed by atoms with Crippen molar-refractivity contribution in [1.82, 2.24) is 5.32 Å². The van der Waals surface area contributed by atoms with Gasteiger partial charge >= 0.3 is 6.09 Å². The minimum Gasteiger partial charge on any atom is -0.447 e. The molecule has 2 aliphatic heterocycles. The lowest BCUT2D eigenvalue weighted by molar-refractivity contribution is 0.166. The maximum absolute atomic E-state index is 12.1. The first-order chi connectivity index (χ1) is 9.11. The Morgan fingerprint density at radius 2 is 2.11 bits per heavy atom. The molecule has 0 radical (unpaired) electrons. The fraction of sp³-hybridized carbons (Fsp3) is 0.533. The minimum absolute atomic E-state index is 0.224. The Labute approximate surface area is 113 Å². The van der Waals surface area contributed by atoms with Crippen LogP contribution >= 0.6 is 0 Å². The van der Waals surface area contributed by atoms with E-state index in [1.54, 1.807) is 0 Å². The minimum atomic E-state index is -0.240. The summed E-state index contributed by atoms with van der Waals surface area (Å²) in [5.41, 5.74) is 1.89. The van der Waals surface area contributed by atoms with Crippen molar-refractivity contribution in [1.29, 1.82) is 0 Å².